The SMILES string of the molecule is COc1ccc2c(c1)[C@H](O)CC(c1ccc(O)cc1)O2. The Morgan fingerprint density at radius 2 is 1.90 bits per heavy atom. The van der Waals surface area contributed by atoms with Crippen molar-refractivity contribution in [3.8, 4) is 17.2 Å². The molecule has 2 aromatic rings. The monoisotopic (exact) mass is 272 g/mol. The summed E-state index contributed by atoms with van der Waals surface area (Å²) in [7, 11) is 1.59. The van der Waals surface area contributed by atoms with Gasteiger partial charge in [0.25, 0.3) is 0 Å². The first kappa shape index (κ1) is 12.8. The third-order valence-electron chi connectivity index (χ3n) is 3.55. The van der Waals surface area contributed by atoms with Gasteiger partial charge in [-0.05, 0) is 35.9 Å². The minimum Gasteiger partial charge on any atom is -0.508 e. The van der Waals surface area contributed by atoms with E-state index in [1.165, 1.54) is 0 Å². The Morgan fingerprint density at radius 3 is 2.60 bits per heavy atom. The predicted octanol–water partition coefficient (Wildman–Crippen LogP) is 2.96. The first-order valence-electron chi connectivity index (χ1n) is 6.49. The number of ether oxygens (including phenoxy) is 2. The molecular formula is C16H16O4. The molecule has 0 aromatic heterocycles. The molecule has 1 aliphatic rings. The molecule has 1 unspecified atom stereocenters. The molecule has 104 valence electrons. The van der Waals surface area contributed by atoms with Crippen molar-refractivity contribution >= 4 is 0 Å². The van der Waals surface area contributed by atoms with Gasteiger partial charge in [0.05, 0.1) is 13.2 Å². The van der Waals surface area contributed by atoms with Crippen molar-refractivity contribution in [1.29, 1.82) is 0 Å². The van der Waals surface area contributed by atoms with Crippen molar-refractivity contribution in [2.75, 3.05) is 7.11 Å². The fraction of sp³-hybridized carbons (Fsp3) is 0.250. The average Bonchev–Trinajstić information content (AvgIpc) is 2.47. The van der Waals surface area contributed by atoms with Gasteiger partial charge in [-0.25, -0.2) is 0 Å². The Hall–Kier alpha value is -2.20. The topological polar surface area (TPSA) is 58.9 Å². The smallest absolute Gasteiger partial charge is 0.127 e. The molecule has 0 spiro atoms. The average molecular weight is 272 g/mol. The van der Waals surface area contributed by atoms with Crippen LogP contribution in [0.3, 0.4) is 0 Å². The summed E-state index contributed by atoms with van der Waals surface area (Å²) in [6, 6.07) is 12.3. The normalized spacial score (nSPS) is 20.9. The van der Waals surface area contributed by atoms with Gasteiger partial charge < -0.3 is 19.7 Å². The van der Waals surface area contributed by atoms with Crippen LogP contribution in [0.2, 0.25) is 0 Å². The number of benzene rings is 2. The molecule has 20 heavy (non-hydrogen) atoms. The van der Waals surface area contributed by atoms with Gasteiger partial charge in [-0.3, -0.25) is 0 Å². The number of aromatic hydroxyl groups is 1. The van der Waals surface area contributed by atoms with E-state index in [-0.39, 0.29) is 11.9 Å². The minimum atomic E-state index is -0.590. The summed E-state index contributed by atoms with van der Waals surface area (Å²) in [5, 5.41) is 19.6. The molecule has 0 saturated carbocycles. The Bertz CT molecular complexity index is 606. The van der Waals surface area contributed by atoms with E-state index < -0.39 is 6.10 Å². The van der Waals surface area contributed by atoms with Crippen molar-refractivity contribution in [2.24, 2.45) is 0 Å². The van der Waals surface area contributed by atoms with Crippen LogP contribution in [-0.2, 0) is 0 Å². The van der Waals surface area contributed by atoms with E-state index in [1.807, 2.05) is 12.1 Å². The number of fused-ring (bicyclic) bond motifs is 1. The van der Waals surface area contributed by atoms with E-state index in [2.05, 4.69) is 0 Å². The summed E-state index contributed by atoms with van der Waals surface area (Å²) in [6.07, 6.45) is -0.329. The maximum atomic E-state index is 10.3. The highest BCUT2D eigenvalue weighted by molar-refractivity contribution is 5.44. The maximum Gasteiger partial charge on any atom is 0.127 e. The number of aliphatic hydroxyl groups is 1. The molecular weight excluding hydrogens is 256 g/mol. The number of rotatable bonds is 2. The molecule has 1 heterocycles. The zero-order valence-electron chi connectivity index (χ0n) is 11.1. The lowest BCUT2D eigenvalue weighted by Crippen LogP contribution is -2.19. The Kier molecular flexibility index (Phi) is 3.24. The number of aliphatic hydroxyl groups excluding tert-OH is 1. The highest BCUT2D eigenvalue weighted by Crippen LogP contribution is 2.42. The first-order chi connectivity index (χ1) is 9.67. The van der Waals surface area contributed by atoms with Crippen molar-refractivity contribution in [1.82, 2.24) is 0 Å². The number of hydrogen-bond acceptors (Lipinski definition) is 4. The van der Waals surface area contributed by atoms with E-state index in [1.54, 1.807) is 37.4 Å². The molecule has 4 nitrogen and oxygen atoms in total. The summed E-state index contributed by atoms with van der Waals surface area (Å²) in [4.78, 5) is 0. The second kappa shape index (κ2) is 5.06. The minimum absolute atomic E-state index is 0.216. The lowest BCUT2D eigenvalue weighted by molar-refractivity contribution is 0.0654. The van der Waals surface area contributed by atoms with Gasteiger partial charge in [-0.15, -0.1) is 0 Å². The van der Waals surface area contributed by atoms with Gasteiger partial charge in [-0.1, -0.05) is 12.1 Å². The summed E-state index contributed by atoms with van der Waals surface area (Å²) >= 11 is 0. The van der Waals surface area contributed by atoms with Crippen molar-refractivity contribution < 1.29 is 19.7 Å². The second-order valence-corrected chi connectivity index (χ2v) is 4.85. The summed E-state index contributed by atoms with van der Waals surface area (Å²) in [6.45, 7) is 0. The standard InChI is InChI=1S/C16H16O4/c1-19-12-6-7-15-13(8-12)14(18)9-16(20-15)10-2-4-11(17)5-3-10/h2-8,14,16-18H,9H2,1H3/t14-,16?/m1/s1. The van der Waals surface area contributed by atoms with Crippen LogP contribution in [0.4, 0.5) is 0 Å². The summed E-state index contributed by atoms with van der Waals surface area (Å²) in [5.41, 5.74) is 1.68. The molecule has 0 bridgehead atoms. The molecule has 0 radical (unpaired) electrons. The Morgan fingerprint density at radius 1 is 1.15 bits per heavy atom. The van der Waals surface area contributed by atoms with E-state index >= 15 is 0 Å². The summed E-state index contributed by atoms with van der Waals surface area (Å²) < 4.78 is 11.1. The molecule has 0 amide bonds. The van der Waals surface area contributed by atoms with Gasteiger partial charge in [0.2, 0.25) is 0 Å². The fourth-order valence-electron chi connectivity index (χ4n) is 2.45. The van der Waals surface area contributed by atoms with Crippen LogP contribution in [0.5, 0.6) is 17.2 Å². The Labute approximate surface area is 117 Å². The van der Waals surface area contributed by atoms with E-state index in [9.17, 15) is 10.2 Å². The maximum absolute atomic E-state index is 10.3. The number of hydrogen-bond donors (Lipinski definition) is 2. The third-order valence-corrected chi connectivity index (χ3v) is 3.55. The molecule has 0 fully saturated rings. The molecule has 3 rings (SSSR count). The van der Waals surface area contributed by atoms with Gasteiger partial charge in [0.1, 0.15) is 23.4 Å². The largest absolute Gasteiger partial charge is 0.508 e. The van der Waals surface area contributed by atoms with Crippen LogP contribution in [0.1, 0.15) is 29.8 Å². The first-order valence-corrected chi connectivity index (χ1v) is 6.49. The van der Waals surface area contributed by atoms with Gasteiger partial charge in [-0.2, -0.15) is 0 Å². The molecule has 4 heteroatoms. The van der Waals surface area contributed by atoms with Crippen molar-refractivity contribution in [2.45, 2.75) is 18.6 Å². The molecule has 2 atom stereocenters. The molecule has 2 N–H and O–H groups in total. The predicted molar refractivity (Wildman–Crippen MR) is 74.0 cm³/mol. The van der Waals surface area contributed by atoms with Crippen molar-refractivity contribution in [3.05, 3.63) is 53.6 Å². The van der Waals surface area contributed by atoms with E-state index in [0.29, 0.717) is 17.9 Å². The number of phenolic OH excluding ortho intramolecular Hbond substituents is 1. The lowest BCUT2D eigenvalue weighted by atomic mass is 9.95. The van der Waals surface area contributed by atoms with E-state index in [4.69, 9.17) is 9.47 Å². The highest BCUT2D eigenvalue weighted by atomic mass is 16.5. The number of phenols is 1. The van der Waals surface area contributed by atoms with Crippen LogP contribution >= 0.6 is 0 Å². The van der Waals surface area contributed by atoms with Crippen LogP contribution < -0.4 is 9.47 Å². The van der Waals surface area contributed by atoms with Gasteiger partial charge in [0.15, 0.2) is 0 Å². The number of methoxy groups -OCH3 is 1. The molecule has 1 aliphatic heterocycles. The molecule has 2 aromatic carbocycles. The Balaban J connectivity index is 1.90. The van der Waals surface area contributed by atoms with Gasteiger partial charge in [0, 0.05) is 12.0 Å². The van der Waals surface area contributed by atoms with Crippen LogP contribution in [0.15, 0.2) is 42.5 Å². The zero-order valence-corrected chi connectivity index (χ0v) is 11.1. The third kappa shape index (κ3) is 2.30. The summed E-state index contributed by atoms with van der Waals surface area (Å²) in [5.74, 6) is 1.59. The molecule has 0 saturated heterocycles. The van der Waals surface area contributed by atoms with E-state index in [0.717, 1.165) is 11.1 Å². The second-order valence-electron chi connectivity index (χ2n) is 4.85. The fourth-order valence-corrected chi connectivity index (χ4v) is 2.45. The molecule has 0 aliphatic carbocycles. The van der Waals surface area contributed by atoms with Crippen molar-refractivity contribution in [3.63, 3.8) is 0 Å². The zero-order chi connectivity index (χ0) is 14.1. The van der Waals surface area contributed by atoms with Crippen LogP contribution in [0, 0.1) is 0 Å². The lowest BCUT2D eigenvalue weighted by Gasteiger charge is -2.30. The van der Waals surface area contributed by atoms with Crippen LogP contribution in [0.25, 0.3) is 0 Å². The van der Waals surface area contributed by atoms with Gasteiger partial charge >= 0.3 is 0 Å². The van der Waals surface area contributed by atoms with Crippen LogP contribution in [-0.4, -0.2) is 17.3 Å². The quantitative estimate of drug-likeness (QED) is 0.882. The highest BCUT2D eigenvalue weighted by Gasteiger charge is 2.28.